The van der Waals surface area contributed by atoms with E-state index in [4.69, 9.17) is 9.84 Å². The van der Waals surface area contributed by atoms with Crippen molar-refractivity contribution in [1.29, 1.82) is 0 Å². The molecular formula is C15H21NO2. The number of aliphatic hydroxyl groups is 1. The quantitative estimate of drug-likeness (QED) is 0.715. The fourth-order valence-corrected chi connectivity index (χ4v) is 2.04. The maximum absolute atomic E-state index is 9.06. The first-order valence-electron chi connectivity index (χ1n) is 6.51. The van der Waals surface area contributed by atoms with Crippen LogP contribution in [0.25, 0.3) is 0 Å². The molecule has 1 aliphatic rings. The largest absolute Gasteiger partial charge is 0.490 e. The van der Waals surface area contributed by atoms with Crippen LogP contribution in [0.5, 0.6) is 5.75 Å². The zero-order valence-electron chi connectivity index (χ0n) is 10.7. The lowest BCUT2D eigenvalue weighted by Gasteiger charge is -2.20. The molecule has 1 aliphatic carbocycles. The lowest BCUT2D eigenvalue weighted by molar-refractivity contribution is 0.183. The van der Waals surface area contributed by atoms with Crippen LogP contribution in [0, 0.1) is 0 Å². The highest BCUT2D eigenvalue weighted by Gasteiger charge is 2.28. The Morgan fingerprint density at radius 3 is 2.61 bits per heavy atom. The SMILES string of the molecule is C=CCOc1ccc(CN(CCO)C2CC2)cc1. The number of nitrogens with zero attached hydrogens (tertiary/aromatic N) is 1. The van der Waals surface area contributed by atoms with Crippen molar-refractivity contribution in [2.24, 2.45) is 0 Å². The molecule has 1 fully saturated rings. The van der Waals surface area contributed by atoms with Crippen LogP contribution < -0.4 is 4.74 Å². The minimum atomic E-state index is 0.233. The Morgan fingerprint density at radius 1 is 1.33 bits per heavy atom. The molecule has 0 radical (unpaired) electrons. The van der Waals surface area contributed by atoms with E-state index in [9.17, 15) is 0 Å². The minimum Gasteiger partial charge on any atom is -0.490 e. The molecule has 0 unspecified atom stereocenters. The van der Waals surface area contributed by atoms with Crippen LogP contribution in [0.3, 0.4) is 0 Å². The molecule has 0 saturated heterocycles. The fraction of sp³-hybridized carbons (Fsp3) is 0.467. The van der Waals surface area contributed by atoms with Crippen molar-refractivity contribution in [3.8, 4) is 5.75 Å². The molecule has 1 aromatic rings. The van der Waals surface area contributed by atoms with Crippen molar-refractivity contribution in [1.82, 2.24) is 4.90 Å². The molecule has 1 N–H and O–H groups in total. The summed E-state index contributed by atoms with van der Waals surface area (Å²) >= 11 is 0. The van der Waals surface area contributed by atoms with Gasteiger partial charge in [0.2, 0.25) is 0 Å². The van der Waals surface area contributed by atoms with E-state index >= 15 is 0 Å². The van der Waals surface area contributed by atoms with Crippen LogP contribution in [0.2, 0.25) is 0 Å². The lowest BCUT2D eigenvalue weighted by atomic mass is 10.2. The Morgan fingerprint density at radius 2 is 2.06 bits per heavy atom. The zero-order valence-corrected chi connectivity index (χ0v) is 10.7. The molecule has 98 valence electrons. The van der Waals surface area contributed by atoms with Crippen LogP contribution in [0.15, 0.2) is 36.9 Å². The van der Waals surface area contributed by atoms with E-state index in [2.05, 4.69) is 23.6 Å². The smallest absolute Gasteiger partial charge is 0.119 e. The second-order valence-corrected chi connectivity index (χ2v) is 4.67. The Balaban J connectivity index is 1.89. The summed E-state index contributed by atoms with van der Waals surface area (Å²) in [5, 5.41) is 9.06. The second kappa shape index (κ2) is 6.57. The number of benzene rings is 1. The molecular weight excluding hydrogens is 226 g/mol. The lowest BCUT2D eigenvalue weighted by Crippen LogP contribution is -2.28. The maximum Gasteiger partial charge on any atom is 0.119 e. The summed E-state index contributed by atoms with van der Waals surface area (Å²) in [5.41, 5.74) is 1.27. The predicted octanol–water partition coefficient (Wildman–Crippen LogP) is 2.21. The van der Waals surface area contributed by atoms with Gasteiger partial charge in [0.05, 0.1) is 6.61 Å². The van der Waals surface area contributed by atoms with Gasteiger partial charge in [-0.05, 0) is 30.5 Å². The van der Waals surface area contributed by atoms with Gasteiger partial charge in [0.1, 0.15) is 12.4 Å². The van der Waals surface area contributed by atoms with Gasteiger partial charge in [0.15, 0.2) is 0 Å². The zero-order chi connectivity index (χ0) is 12.8. The summed E-state index contributed by atoms with van der Waals surface area (Å²) in [6.45, 7) is 6.07. The van der Waals surface area contributed by atoms with Gasteiger partial charge in [-0.1, -0.05) is 24.8 Å². The number of ether oxygens (including phenoxy) is 1. The van der Waals surface area contributed by atoms with Gasteiger partial charge in [-0.3, -0.25) is 4.90 Å². The molecule has 18 heavy (non-hydrogen) atoms. The van der Waals surface area contributed by atoms with Crippen LogP contribution in [0.1, 0.15) is 18.4 Å². The van der Waals surface area contributed by atoms with Crippen molar-refractivity contribution in [3.63, 3.8) is 0 Å². The van der Waals surface area contributed by atoms with Crippen molar-refractivity contribution >= 4 is 0 Å². The van der Waals surface area contributed by atoms with Gasteiger partial charge in [-0.25, -0.2) is 0 Å². The third kappa shape index (κ3) is 3.86. The fourth-order valence-electron chi connectivity index (χ4n) is 2.04. The van der Waals surface area contributed by atoms with E-state index in [-0.39, 0.29) is 6.61 Å². The molecule has 0 amide bonds. The summed E-state index contributed by atoms with van der Waals surface area (Å²) in [6.07, 6.45) is 4.27. The summed E-state index contributed by atoms with van der Waals surface area (Å²) in [4.78, 5) is 2.35. The topological polar surface area (TPSA) is 32.7 Å². The summed E-state index contributed by atoms with van der Waals surface area (Å²) < 4.78 is 5.45. The van der Waals surface area contributed by atoms with Crippen molar-refractivity contribution in [3.05, 3.63) is 42.5 Å². The molecule has 0 bridgehead atoms. The molecule has 3 heteroatoms. The Labute approximate surface area is 109 Å². The average Bonchev–Trinajstić information content (AvgIpc) is 3.22. The third-order valence-electron chi connectivity index (χ3n) is 3.13. The Kier molecular flexibility index (Phi) is 4.79. The van der Waals surface area contributed by atoms with Gasteiger partial charge in [0.25, 0.3) is 0 Å². The summed E-state index contributed by atoms with van der Waals surface area (Å²) in [5.74, 6) is 0.874. The molecule has 0 spiro atoms. The average molecular weight is 247 g/mol. The number of rotatable bonds is 8. The molecule has 2 rings (SSSR count). The van der Waals surface area contributed by atoms with Crippen molar-refractivity contribution in [2.45, 2.75) is 25.4 Å². The predicted molar refractivity (Wildman–Crippen MR) is 72.7 cm³/mol. The van der Waals surface area contributed by atoms with Crippen molar-refractivity contribution < 1.29 is 9.84 Å². The highest BCUT2D eigenvalue weighted by Crippen LogP contribution is 2.28. The Hall–Kier alpha value is -1.32. The second-order valence-electron chi connectivity index (χ2n) is 4.67. The van der Waals surface area contributed by atoms with Crippen LogP contribution in [-0.4, -0.2) is 35.8 Å². The van der Waals surface area contributed by atoms with E-state index in [0.717, 1.165) is 18.8 Å². The number of aliphatic hydroxyl groups excluding tert-OH is 1. The van der Waals surface area contributed by atoms with Gasteiger partial charge in [0, 0.05) is 19.1 Å². The molecule has 1 aromatic carbocycles. The van der Waals surface area contributed by atoms with E-state index in [1.165, 1.54) is 18.4 Å². The van der Waals surface area contributed by atoms with E-state index in [1.54, 1.807) is 6.08 Å². The summed E-state index contributed by atoms with van der Waals surface area (Å²) in [6, 6.07) is 8.83. The monoisotopic (exact) mass is 247 g/mol. The minimum absolute atomic E-state index is 0.233. The first kappa shape index (κ1) is 13.1. The highest BCUT2D eigenvalue weighted by molar-refractivity contribution is 5.27. The van der Waals surface area contributed by atoms with Crippen molar-refractivity contribution in [2.75, 3.05) is 19.8 Å². The highest BCUT2D eigenvalue weighted by atomic mass is 16.5. The molecule has 0 atom stereocenters. The van der Waals surface area contributed by atoms with Gasteiger partial charge >= 0.3 is 0 Å². The maximum atomic E-state index is 9.06. The van der Waals surface area contributed by atoms with Gasteiger partial charge in [-0.2, -0.15) is 0 Å². The molecule has 3 nitrogen and oxygen atoms in total. The van der Waals surface area contributed by atoms with Crippen LogP contribution in [0.4, 0.5) is 0 Å². The number of hydrogen-bond donors (Lipinski definition) is 1. The molecule has 0 heterocycles. The van der Waals surface area contributed by atoms with Gasteiger partial charge in [-0.15, -0.1) is 0 Å². The first-order chi connectivity index (χ1) is 8.83. The first-order valence-corrected chi connectivity index (χ1v) is 6.51. The normalized spacial score (nSPS) is 14.8. The molecule has 1 saturated carbocycles. The van der Waals surface area contributed by atoms with E-state index in [0.29, 0.717) is 12.6 Å². The van der Waals surface area contributed by atoms with Gasteiger partial charge < -0.3 is 9.84 Å². The van der Waals surface area contributed by atoms with Crippen LogP contribution in [-0.2, 0) is 6.54 Å². The third-order valence-corrected chi connectivity index (χ3v) is 3.13. The molecule has 0 aromatic heterocycles. The van der Waals surface area contributed by atoms with E-state index < -0.39 is 0 Å². The molecule has 0 aliphatic heterocycles. The standard InChI is InChI=1S/C15H21NO2/c1-2-11-18-15-7-3-13(4-8-15)12-16(9-10-17)14-5-6-14/h2-4,7-8,14,17H,1,5-6,9-12H2. The Bertz CT molecular complexity index is 371. The number of hydrogen-bond acceptors (Lipinski definition) is 3. The van der Waals surface area contributed by atoms with E-state index in [1.807, 2.05) is 12.1 Å². The van der Waals surface area contributed by atoms with Crippen LogP contribution >= 0.6 is 0 Å². The summed E-state index contributed by atoms with van der Waals surface area (Å²) in [7, 11) is 0.